The summed E-state index contributed by atoms with van der Waals surface area (Å²) in [5.74, 6) is 3.83. The summed E-state index contributed by atoms with van der Waals surface area (Å²) in [5, 5.41) is 3.07. The molecule has 0 saturated heterocycles. The van der Waals surface area contributed by atoms with Crippen molar-refractivity contribution in [1.29, 1.82) is 0 Å². The number of hydrogen-bond acceptors (Lipinski definition) is 4. The molecule has 2 saturated carbocycles. The molecule has 1 N–H and O–H groups in total. The van der Waals surface area contributed by atoms with Crippen molar-refractivity contribution in [1.82, 2.24) is 10.3 Å². The number of hydrogen-bond donors (Lipinski definition) is 1. The number of fused-ring (bicyclic) bond motifs is 2. The molecule has 1 amide bonds. The molecule has 1 aromatic heterocycles. The number of rotatable bonds is 6. The zero-order chi connectivity index (χ0) is 13.9. The Morgan fingerprint density at radius 2 is 2.10 bits per heavy atom. The van der Waals surface area contributed by atoms with Crippen molar-refractivity contribution < 1.29 is 4.79 Å². The predicted octanol–water partition coefficient (Wildman–Crippen LogP) is 3.81. The van der Waals surface area contributed by atoms with Gasteiger partial charge < -0.3 is 5.32 Å². The van der Waals surface area contributed by atoms with E-state index in [-0.39, 0.29) is 5.91 Å². The van der Waals surface area contributed by atoms with E-state index in [1.165, 1.54) is 37.0 Å². The summed E-state index contributed by atoms with van der Waals surface area (Å²) >= 11 is 3.20. The van der Waals surface area contributed by atoms with E-state index >= 15 is 0 Å². The molecule has 0 aliphatic heterocycles. The van der Waals surface area contributed by atoms with E-state index < -0.39 is 0 Å². The molecular formula is C15H22N2OS2. The molecule has 0 radical (unpaired) electrons. The topological polar surface area (TPSA) is 42.0 Å². The third-order valence-electron chi connectivity index (χ3n) is 4.77. The van der Waals surface area contributed by atoms with E-state index in [1.807, 2.05) is 0 Å². The number of carbonyl (C=O) groups excluding carboxylic acids is 1. The molecule has 0 atom stereocenters. The quantitative estimate of drug-likeness (QED) is 0.812. The van der Waals surface area contributed by atoms with E-state index in [1.54, 1.807) is 18.0 Å². The Morgan fingerprint density at radius 1 is 1.40 bits per heavy atom. The molecule has 2 fully saturated rings. The van der Waals surface area contributed by atoms with Gasteiger partial charge in [0.15, 0.2) is 4.34 Å². The minimum Gasteiger partial charge on any atom is -0.351 e. The minimum atomic E-state index is 0.0517. The van der Waals surface area contributed by atoms with Crippen molar-refractivity contribution in [2.45, 2.75) is 43.4 Å². The molecule has 110 valence electrons. The highest BCUT2D eigenvalue weighted by molar-refractivity contribution is 8.01. The van der Waals surface area contributed by atoms with Crippen molar-refractivity contribution in [2.75, 3.05) is 12.3 Å². The van der Waals surface area contributed by atoms with Gasteiger partial charge in [-0.15, -0.1) is 11.3 Å². The Labute approximate surface area is 128 Å². The maximum absolute atomic E-state index is 12.1. The highest BCUT2D eigenvalue weighted by atomic mass is 32.2. The van der Waals surface area contributed by atoms with Crippen LogP contribution in [0.2, 0.25) is 0 Å². The Morgan fingerprint density at radius 3 is 2.75 bits per heavy atom. The average Bonchev–Trinajstić information content (AvgIpc) is 3.15. The van der Waals surface area contributed by atoms with Gasteiger partial charge in [0.1, 0.15) is 4.88 Å². The summed E-state index contributed by atoms with van der Waals surface area (Å²) in [6.07, 6.45) is 8.57. The van der Waals surface area contributed by atoms with Crippen molar-refractivity contribution in [3.05, 3.63) is 11.1 Å². The van der Waals surface area contributed by atoms with Gasteiger partial charge in [-0.25, -0.2) is 4.98 Å². The molecule has 0 unspecified atom stereocenters. The lowest BCUT2D eigenvalue weighted by Crippen LogP contribution is -2.26. The van der Waals surface area contributed by atoms with Crippen LogP contribution in [-0.2, 0) is 0 Å². The first-order valence-corrected chi connectivity index (χ1v) is 9.45. The van der Waals surface area contributed by atoms with Gasteiger partial charge in [-0.05, 0) is 55.6 Å². The normalized spacial score (nSPS) is 27.9. The van der Waals surface area contributed by atoms with Gasteiger partial charge in [0.05, 0.1) is 6.20 Å². The molecule has 3 rings (SSSR count). The van der Waals surface area contributed by atoms with Gasteiger partial charge in [-0.2, -0.15) is 0 Å². The standard InChI is InChI=1S/C15H22N2OS2/c1-2-19-15-17-9-13(20-15)14(18)16-8-7-12-10-3-4-11(12)6-5-10/h9-12H,2-8H2,1H3,(H,16,18). The summed E-state index contributed by atoms with van der Waals surface area (Å²) in [6, 6.07) is 0. The molecular weight excluding hydrogens is 288 g/mol. The van der Waals surface area contributed by atoms with Gasteiger partial charge in [-0.1, -0.05) is 18.7 Å². The Balaban J connectivity index is 1.44. The molecule has 1 aromatic rings. The van der Waals surface area contributed by atoms with Gasteiger partial charge >= 0.3 is 0 Å². The fraction of sp³-hybridized carbons (Fsp3) is 0.733. The lowest BCUT2D eigenvalue weighted by molar-refractivity contribution is 0.0954. The van der Waals surface area contributed by atoms with E-state index in [0.717, 1.165) is 45.7 Å². The Hall–Kier alpha value is -0.550. The lowest BCUT2D eigenvalue weighted by atomic mass is 9.94. The van der Waals surface area contributed by atoms with Crippen LogP contribution in [0.5, 0.6) is 0 Å². The number of nitrogens with zero attached hydrogens (tertiary/aromatic N) is 1. The second-order valence-electron chi connectivity index (χ2n) is 5.81. The van der Waals surface area contributed by atoms with Crippen LogP contribution in [0.15, 0.2) is 10.5 Å². The largest absolute Gasteiger partial charge is 0.351 e. The number of thioether (sulfide) groups is 1. The molecule has 2 aliphatic carbocycles. The third kappa shape index (κ3) is 3.03. The molecule has 0 spiro atoms. The molecule has 20 heavy (non-hydrogen) atoms. The first kappa shape index (κ1) is 14.4. The van der Waals surface area contributed by atoms with Crippen LogP contribution in [0, 0.1) is 17.8 Å². The second-order valence-corrected chi connectivity index (χ2v) is 8.35. The molecule has 2 aliphatic rings. The summed E-state index contributed by atoms with van der Waals surface area (Å²) < 4.78 is 0.992. The van der Waals surface area contributed by atoms with Crippen LogP contribution in [0.1, 0.15) is 48.7 Å². The van der Waals surface area contributed by atoms with Crippen molar-refractivity contribution in [3.63, 3.8) is 0 Å². The molecule has 2 bridgehead atoms. The fourth-order valence-corrected chi connectivity index (χ4v) is 5.65. The van der Waals surface area contributed by atoms with E-state index in [4.69, 9.17) is 0 Å². The van der Waals surface area contributed by atoms with E-state index in [2.05, 4.69) is 17.2 Å². The smallest absolute Gasteiger partial charge is 0.263 e. The predicted molar refractivity (Wildman–Crippen MR) is 84.4 cm³/mol. The summed E-state index contributed by atoms with van der Waals surface area (Å²) in [7, 11) is 0. The first-order chi connectivity index (χ1) is 9.78. The average molecular weight is 310 g/mol. The van der Waals surface area contributed by atoms with Gasteiger partial charge in [0.25, 0.3) is 5.91 Å². The zero-order valence-electron chi connectivity index (χ0n) is 11.9. The van der Waals surface area contributed by atoms with Crippen LogP contribution < -0.4 is 5.32 Å². The van der Waals surface area contributed by atoms with Crippen LogP contribution >= 0.6 is 23.1 Å². The lowest BCUT2D eigenvalue weighted by Gasteiger charge is -2.15. The van der Waals surface area contributed by atoms with Gasteiger partial charge in [0.2, 0.25) is 0 Å². The van der Waals surface area contributed by atoms with Crippen molar-refractivity contribution in [2.24, 2.45) is 17.8 Å². The van der Waals surface area contributed by atoms with Gasteiger partial charge in [0, 0.05) is 6.54 Å². The van der Waals surface area contributed by atoms with Crippen LogP contribution in [0.25, 0.3) is 0 Å². The van der Waals surface area contributed by atoms with E-state index in [0.29, 0.717) is 0 Å². The Kier molecular flexibility index (Phi) is 4.66. The second kappa shape index (κ2) is 6.48. The maximum Gasteiger partial charge on any atom is 0.263 e. The zero-order valence-corrected chi connectivity index (χ0v) is 13.6. The SMILES string of the molecule is CCSc1ncc(C(=O)NCCC2C3CCC2CC3)s1. The summed E-state index contributed by atoms with van der Waals surface area (Å²) in [6.45, 7) is 2.92. The van der Waals surface area contributed by atoms with Crippen molar-refractivity contribution in [3.8, 4) is 0 Å². The number of amides is 1. The Bertz CT molecular complexity index is 454. The number of nitrogens with one attached hydrogen (secondary N) is 1. The summed E-state index contributed by atoms with van der Waals surface area (Å²) in [5.41, 5.74) is 0. The molecule has 3 nitrogen and oxygen atoms in total. The van der Waals surface area contributed by atoms with Crippen LogP contribution in [0.3, 0.4) is 0 Å². The van der Waals surface area contributed by atoms with E-state index in [9.17, 15) is 4.79 Å². The minimum absolute atomic E-state index is 0.0517. The van der Waals surface area contributed by atoms with Crippen LogP contribution in [0.4, 0.5) is 0 Å². The fourth-order valence-electron chi connectivity index (χ4n) is 3.85. The molecule has 0 aromatic carbocycles. The number of thiazole rings is 1. The summed E-state index contributed by atoms with van der Waals surface area (Å²) in [4.78, 5) is 17.1. The van der Waals surface area contributed by atoms with Crippen molar-refractivity contribution >= 4 is 29.0 Å². The third-order valence-corrected chi connectivity index (χ3v) is 6.80. The van der Waals surface area contributed by atoms with Crippen LogP contribution in [-0.4, -0.2) is 23.2 Å². The maximum atomic E-state index is 12.1. The van der Waals surface area contributed by atoms with Gasteiger partial charge in [-0.3, -0.25) is 4.79 Å². The number of carbonyl (C=O) groups is 1. The highest BCUT2D eigenvalue weighted by Gasteiger charge is 2.40. The number of aromatic nitrogens is 1. The highest BCUT2D eigenvalue weighted by Crippen LogP contribution is 2.50. The monoisotopic (exact) mass is 310 g/mol. The first-order valence-electron chi connectivity index (χ1n) is 7.64. The molecule has 5 heteroatoms. The molecule has 1 heterocycles.